The quantitative estimate of drug-likeness (QED) is 0.697. The highest BCUT2D eigenvalue weighted by Gasteiger charge is 2.23. The minimum atomic E-state index is 0.824. The number of thiazole rings is 1. The Morgan fingerprint density at radius 2 is 2.05 bits per heavy atom. The van der Waals surface area contributed by atoms with Gasteiger partial charge in [0.25, 0.3) is 0 Å². The maximum absolute atomic E-state index is 5.54. The van der Waals surface area contributed by atoms with Crippen molar-refractivity contribution in [2.24, 2.45) is 17.8 Å². The van der Waals surface area contributed by atoms with E-state index in [1.807, 2.05) is 18.4 Å². The Morgan fingerprint density at radius 3 is 2.82 bits per heavy atom. The molecule has 0 saturated carbocycles. The van der Waals surface area contributed by atoms with Crippen LogP contribution in [0.15, 0.2) is 23.2 Å². The van der Waals surface area contributed by atoms with E-state index in [9.17, 15) is 0 Å². The van der Waals surface area contributed by atoms with Crippen LogP contribution in [0.1, 0.15) is 41.7 Å². The molecule has 22 heavy (non-hydrogen) atoms. The van der Waals surface area contributed by atoms with Gasteiger partial charge in [0.05, 0.1) is 5.69 Å². The van der Waals surface area contributed by atoms with Gasteiger partial charge in [0.15, 0.2) is 4.80 Å². The maximum Gasteiger partial charge on any atom is 0.184 e. The van der Waals surface area contributed by atoms with Crippen LogP contribution in [-0.4, -0.2) is 18.2 Å². The van der Waals surface area contributed by atoms with E-state index in [4.69, 9.17) is 5.73 Å². The minimum Gasteiger partial charge on any atom is -0.330 e. The summed E-state index contributed by atoms with van der Waals surface area (Å²) < 4.78 is 2.23. The second-order valence-corrected chi connectivity index (χ2v) is 7.12. The number of rotatable bonds is 6. The molecule has 3 rings (SSSR count). The molecule has 1 heterocycles. The lowest BCUT2D eigenvalue weighted by molar-refractivity contribution is 0.646. The van der Waals surface area contributed by atoms with Gasteiger partial charge in [-0.15, -0.1) is 11.3 Å². The van der Waals surface area contributed by atoms with Crippen LogP contribution in [0.5, 0.6) is 0 Å². The molecule has 0 radical (unpaired) electrons. The highest BCUT2D eigenvalue weighted by molar-refractivity contribution is 7.09. The standard InChI is InChI=1S/C18H25N3S/c1-20-18-21(2)17-15-9-8-13(7-5-3-4-6-10-19)11-14(15)12-16(17)22-18/h8-9,11H,3-7,10,12,19H2,1-2H3. The summed E-state index contributed by atoms with van der Waals surface area (Å²) in [5, 5.41) is 0. The second-order valence-electron chi connectivity index (χ2n) is 6.06. The molecule has 1 aromatic heterocycles. The number of nitrogens with two attached hydrogens (primary N) is 1. The van der Waals surface area contributed by atoms with Crippen molar-refractivity contribution < 1.29 is 0 Å². The topological polar surface area (TPSA) is 43.3 Å². The molecule has 0 spiro atoms. The molecule has 1 aliphatic carbocycles. The first-order chi connectivity index (χ1) is 10.7. The van der Waals surface area contributed by atoms with E-state index in [-0.39, 0.29) is 0 Å². The molecule has 0 amide bonds. The third-order valence-electron chi connectivity index (χ3n) is 4.49. The van der Waals surface area contributed by atoms with Gasteiger partial charge in [0.2, 0.25) is 0 Å². The third-order valence-corrected chi connectivity index (χ3v) is 5.71. The fourth-order valence-corrected chi connectivity index (χ4v) is 4.45. The third kappa shape index (κ3) is 2.90. The maximum atomic E-state index is 5.54. The summed E-state index contributed by atoms with van der Waals surface area (Å²) >= 11 is 1.82. The Hall–Kier alpha value is -1.39. The summed E-state index contributed by atoms with van der Waals surface area (Å²) in [7, 11) is 3.99. The lowest BCUT2D eigenvalue weighted by Gasteiger charge is -2.07. The van der Waals surface area contributed by atoms with Gasteiger partial charge >= 0.3 is 0 Å². The van der Waals surface area contributed by atoms with Gasteiger partial charge in [-0.1, -0.05) is 31.0 Å². The Labute approximate surface area is 136 Å². The summed E-state index contributed by atoms with van der Waals surface area (Å²) in [6.45, 7) is 0.824. The molecule has 1 aromatic carbocycles. The first kappa shape index (κ1) is 15.5. The summed E-state index contributed by atoms with van der Waals surface area (Å²) in [4.78, 5) is 6.93. The number of hydrogen-bond acceptors (Lipinski definition) is 3. The predicted molar refractivity (Wildman–Crippen MR) is 94.2 cm³/mol. The number of nitrogens with zero attached hydrogens (tertiary/aromatic N) is 2. The molecule has 0 unspecified atom stereocenters. The van der Waals surface area contributed by atoms with E-state index in [0.717, 1.165) is 24.2 Å². The number of unbranched alkanes of at least 4 members (excludes halogenated alkanes) is 3. The van der Waals surface area contributed by atoms with Gasteiger partial charge in [-0.05, 0) is 36.9 Å². The van der Waals surface area contributed by atoms with Crippen molar-refractivity contribution in [3.05, 3.63) is 39.0 Å². The SMILES string of the molecule is CN=c1sc2c(n1C)-c1ccc(CCCCCCN)cc1C2. The van der Waals surface area contributed by atoms with Gasteiger partial charge in [0, 0.05) is 31.0 Å². The lowest BCUT2D eigenvalue weighted by Crippen LogP contribution is -2.10. The Balaban J connectivity index is 1.73. The normalized spacial score (nSPS) is 13.5. The van der Waals surface area contributed by atoms with Crippen molar-refractivity contribution in [3.8, 4) is 11.3 Å². The van der Waals surface area contributed by atoms with E-state index in [0.29, 0.717) is 0 Å². The molecule has 2 N–H and O–H groups in total. The minimum absolute atomic E-state index is 0.824. The zero-order chi connectivity index (χ0) is 15.5. The largest absolute Gasteiger partial charge is 0.330 e. The van der Waals surface area contributed by atoms with E-state index < -0.39 is 0 Å². The highest BCUT2D eigenvalue weighted by atomic mass is 32.1. The zero-order valence-electron chi connectivity index (χ0n) is 13.6. The van der Waals surface area contributed by atoms with Crippen molar-refractivity contribution in [2.75, 3.05) is 13.6 Å². The van der Waals surface area contributed by atoms with Crippen LogP contribution in [0.4, 0.5) is 0 Å². The molecule has 0 atom stereocenters. The number of hydrogen-bond donors (Lipinski definition) is 1. The van der Waals surface area contributed by atoms with Crippen molar-refractivity contribution >= 4 is 11.3 Å². The number of fused-ring (bicyclic) bond motifs is 3. The Bertz CT molecular complexity index is 724. The first-order valence-corrected chi connectivity index (χ1v) is 9.00. The molecule has 0 aliphatic heterocycles. The van der Waals surface area contributed by atoms with Gasteiger partial charge < -0.3 is 10.3 Å². The van der Waals surface area contributed by atoms with Crippen LogP contribution in [0.3, 0.4) is 0 Å². The van der Waals surface area contributed by atoms with Crippen LogP contribution in [0.2, 0.25) is 0 Å². The lowest BCUT2D eigenvalue weighted by atomic mass is 10.0. The van der Waals surface area contributed by atoms with Crippen LogP contribution < -0.4 is 10.5 Å². The average Bonchev–Trinajstić information content (AvgIpc) is 3.03. The predicted octanol–water partition coefficient (Wildman–Crippen LogP) is 3.25. The fraction of sp³-hybridized carbons (Fsp3) is 0.500. The smallest absolute Gasteiger partial charge is 0.184 e. The van der Waals surface area contributed by atoms with Crippen LogP contribution in [0, 0.1) is 0 Å². The van der Waals surface area contributed by atoms with Gasteiger partial charge in [-0.2, -0.15) is 0 Å². The molecule has 118 valence electrons. The molecule has 2 aromatic rings. The van der Waals surface area contributed by atoms with Crippen LogP contribution in [-0.2, 0) is 19.9 Å². The molecular formula is C18H25N3S. The van der Waals surface area contributed by atoms with Crippen molar-refractivity contribution in [2.45, 2.75) is 38.5 Å². The average molecular weight is 315 g/mol. The van der Waals surface area contributed by atoms with E-state index in [2.05, 4.69) is 34.8 Å². The van der Waals surface area contributed by atoms with Gasteiger partial charge in [-0.25, -0.2) is 0 Å². The Morgan fingerprint density at radius 1 is 1.23 bits per heavy atom. The zero-order valence-corrected chi connectivity index (χ0v) is 14.4. The van der Waals surface area contributed by atoms with Crippen LogP contribution in [0.25, 0.3) is 11.3 Å². The van der Waals surface area contributed by atoms with E-state index >= 15 is 0 Å². The van der Waals surface area contributed by atoms with E-state index in [1.165, 1.54) is 52.9 Å². The first-order valence-electron chi connectivity index (χ1n) is 8.18. The second kappa shape index (κ2) is 6.80. The van der Waals surface area contributed by atoms with Crippen molar-refractivity contribution in [1.29, 1.82) is 0 Å². The number of aromatic nitrogens is 1. The molecule has 0 saturated heterocycles. The van der Waals surface area contributed by atoms with Crippen LogP contribution >= 0.6 is 11.3 Å². The fourth-order valence-electron chi connectivity index (χ4n) is 3.34. The molecule has 3 nitrogen and oxygen atoms in total. The number of benzene rings is 1. The molecule has 0 bridgehead atoms. The highest BCUT2D eigenvalue weighted by Crippen LogP contribution is 2.38. The van der Waals surface area contributed by atoms with Crippen molar-refractivity contribution in [1.82, 2.24) is 4.57 Å². The molecule has 0 fully saturated rings. The molecule has 4 heteroatoms. The summed E-state index contributed by atoms with van der Waals surface area (Å²) in [6, 6.07) is 7.02. The number of aryl methyl sites for hydroxylation is 1. The molecule has 1 aliphatic rings. The van der Waals surface area contributed by atoms with Crippen molar-refractivity contribution in [3.63, 3.8) is 0 Å². The molecular weight excluding hydrogens is 290 g/mol. The Kier molecular flexibility index (Phi) is 4.79. The summed E-state index contributed by atoms with van der Waals surface area (Å²) in [6.07, 6.45) is 7.24. The summed E-state index contributed by atoms with van der Waals surface area (Å²) in [5.41, 5.74) is 11.3. The monoisotopic (exact) mass is 315 g/mol. The van der Waals surface area contributed by atoms with Gasteiger partial charge in [-0.3, -0.25) is 4.99 Å². The summed E-state index contributed by atoms with van der Waals surface area (Å²) in [5.74, 6) is 0. The van der Waals surface area contributed by atoms with E-state index in [1.54, 1.807) is 0 Å². The van der Waals surface area contributed by atoms with Gasteiger partial charge in [0.1, 0.15) is 0 Å².